The number of nitrogens with zero attached hydrogens (tertiary/aromatic N) is 1. The first kappa shape index (κ1) is 18.2. The molecule has 118 valence electrons. The lowest BCUT2D eigenvalue weighted by atomic mass is 10.1. The Bertz CT molecular complexity index is 585. The lowest BCUT2D eigenvalue weighted by Crippen LogP contribution is -2.16. The quantitative estimate of drug-likeness (QED) is 0.727. The smallest absolute Gasteiger partial charge is 0.164 e. The molecular weight excluding hydrogens is 298 g/mol. The summed E-state index contributed by atoms with van der Waals surface area (Å²) in [6.45, 7) is 1.27. The molecule has 0 unspecified atom stereocenters. The Morgan fingerprint density at radius 1 is 1.05 bits per heavy atom. The van der Waals surface area contributed by atoms with Crippen LogP contribution in [0.25, 0.3) is 0 Å². The van der Waals surface area contributed by atoms with Crippen LogP contribution in [0, 0.1) is 0 Å². The molecule has 0 saturated heterocycles. The molecule has 0 radical (unpaired) electrons. The van der Waals surface area contributed by atoms with Crippen molar-refractivity contribution < 1.29 is 9.53 Å². The number of benzene rings is 2. The number of carbonyl (C=O) groups is 1. The standard InChI is InChI=1S/C18H21NO2.ClH/c1-19(2)12-11-18(20)16-9-6-10-17(13-16)21-14-15-7-4-3-5-8-15;/h3-10,13H,11-12,14H2,1-2H3;1H. The Morgan fingerprint density at radius 2 is 1.77 bits per heavy atom. The fourth-order valence-electron chi connectivity index (χ4n) is 1.97. The largest absolute Gasteiger partial charge is 0.489 e. The Morgan fingerprint density at radius 3 is 2.45 bits per heavy atom. The summed E-state index contributed by atoms with van der Waals surface area (Å²) in [6, 6.07) is 17.4. The maximum Gasteiger partial charge on any atom is 0.164 e. The normalized spacial score (nSPS) is 10.1. The summed E-state index contributed by atoms with van der Waals surface area (Å²) in [6.07, 6.45) is 0.523. The molecule has 0 saturated carbocycles. The third-order valence-corrected chi connectivity index (χ3v) is 3.19. The minimum absolute atomic E-state index is 0. The van der Waals surface area contributed by atoms with Gasteiger partial charge in [0.2, 0.25) is 0 Å². The average Bonchev–Trinajstić information content (AvgIpc) is 2.52. The van der Waals surface area contributed by atoms with Crippen molar-refractivity contribution in [1.82, 2.24) is 4.90 Å². The van der Waals surface area contributed by atoms with Crippen LogP contribution < -0.4 is 4.74 Å². The second kappa shape index (κ2) is 9.23. The van der Waals surface area contributed by atoms with E-state index in [0.29, 0.717) is 18.6 Å². The Balaban J connectivity index is 0.00000242. The van der Waals surface area contributed by atoms with Crippen LogP contribution >= 0.6 is 12.4 Å². The van der Waals surface area contributed by atoms with Crippen LogP contribution in [0.5, 0.6) is 5.75 Å². The molecule has 2 aromatic rings. The molecule has 2 aromatic carbocycles. The molecule has 0 spiro atoms. The van der Waals surface area contributed by atoms with Crippen molar-refractivity contribution in [3.05, 3.63) is 65.7 Å². The number of Topliss-reactive ketones (excluding diaryl/α,β-unsaturated/α-hetero) is 1. The van der Waals surface area contributed by atoms with Crippen molar-refractivity contribution in [3.63, 3.8) is 0 Å². The van der Waals surface area contributed by atoms with Gasteiger partial charge in [0.05, 0.1) is 0 Å². The SMILES string of the molecule is CN(C)CCC(=O)c1cccc(OCc2ccccc2)c1.Cl. The van der Waals surface area contributed by atoms with Gasteiger partial charge in [0.25, 0.3) is 0 Å². The fourth-order valence-corrected chi connectivity index (χ4v) is 1.97. The zero-order valence-electron chi connectivity index (χ0n) is 13.0. The molecule has 0 aliphatic carbocycles. The summed E-state index contributed by atoms with van der Waals surface area (Å²) >= 11 is 0. The molecule has 0 fully saturated rings. The first-order valence-corrected chi connectivity index (χ1v) is 7.10. The van der Waals surface area contributed by atoms with Crippen LogP contribution in [-0.2, 0) is 6.61 Å². The fraction of sp³-hybridized carbons (Fsp3) is 0.278. The van der Waals surface area contributed by atoms with Gasteiger partial charge < -0.3 is 9.64 Å². The van der Waals surface area contributed by atoms with Crippen LogP contribution in [0.2, 0.25) is 0 Å². The van der Waals surface area contributed by atoms with Crippen LogP contribution in [-0.4, -0.2) is 31.3 Å². The zero-order valence-corrected chi connectivity index (χ0v) is 13.8. The minimum Gasteiger partial charge on any atom is -0.489 e. The van der Waals surface area contributed by atoms with E-state index in [0.717, 1.165) is 17.9 Å². The highest BCUT2D eigenvalue weighted by Crippen LogP contribution is 2.16. The molecule has 4 heteroatoms. The number of carbonyl (C=O) groups excluding carboxylic acids is 1. The Labute approximate surface area is 138 Å². The Kier molecular flexibility index (Phi) is 7.64. The number of rotatable bonds is 7. The Hall–Kier alpha value is -1.84. The summed E-state index contributed by atoms with van der Waals surface area (Å²) in [5.41, 5.74) is 1.82. The summed E-state index contributed by atoms with van der Waals surface area (Å²) in [4.78, 5) is 14.1. The van der Waals surface area contributed by atoms with Gasteiger partial charge in [-0.3, -0.25) is 4.79 Å². The van der Waals surface area contributed by atoms with Gasteiger partial charge in [0.15, 0.2) is 5.78 Å². The van der Waals surface area contributed by atoms with Crippen molar-refractivity contribution in [2.75, 3.05) is 20.6 Å². The van der Waals surface area contributed by atoms with Gasteiger partial charge in [-0.15, -0.1) is 12.4 Å². The summed E-state index contributed by atoms with van der Waals surface area (Å²) in [5, 5.41) is 0. The molecule has 0 aliphatic heterocycles. The first-order valence-electron chi connectivity index (χ1n) is 7.10. The number of halogens is 1. The summed E-state index contributed by atoms with van der Waals surface area (Å²) < 4.78 is 5.75. The molecular formula is C18H22ClNO2. The topological polar surface area (TPSA) is 29.5 Å². The molecule has 0 bridgehead atoms. The molecule has 0 N–H and O–H groups in total. The highest BCUT2D eigenvalue weighted by molar-refractivity contribution is 5.96. The van der Waals surface area contributed by atoms with Gasteiger partial charge in [-0.2, -0.15) is 0 Å². The lowest BCUT2D eigenvalue weighted by molar-refractivity contribution is 0.0972. The maximum atomic E-state index is 12.1. The summed E-state index contributed by atoms with van der Waals surface area (Å²) in [5.74, 6) is 0.878. The van der Waals surface area contributed by atoms with E-state index in [1.54, 1.807) is 0 Å². The van der Waals surface area contributed by atoms with Crippen LogP contribution in [0.15, 0.2) is 54.6 Å². The average molecular weight is 320 g/mol. The molecule has 22 heavy (non-hydrogen) atoms. The third kappa shape index (κ3) is 5.88. The molecule has 0 amide bonds. The molecule has 3 nitrogen and oxygen atoms in total. The van der Waals surface area contributed by atoms with E-state index in [4.69, 9.17) is 4.74 Å². The number of hydrogen-bond donors (Lipinski definition) is 0. The molecule has 2 rings (SSSR count). The first-order chi connectivity index (χ1) is 10.1. The monoisotopic (exact) mass is 319 g/mol. The van der Waals surface area contributed by atoms with E-state index in [2.05, 4.69) is 0 Å². The number of ketones is 1. The second-order valence-electron chi connectivity index (χ2n) is 5.28. The predicted octanol–water partition coefficient (Wildman–Crippen LogP) is 3.82. The number of ether oxygens (including phenoxy) is 1. The van der Waals surface area contributed by atoms with Gasteiger partial charge in [0.1, 0.15) is 12.4 Å². The zero-order chi connectivity index (χ0) is 15.1. The highest BCUT2D eigenvalue weighted by atomic mass is 35.5. The maximum absolute atomic E-state index is 12.1. The van der Waals surface area contributed by atoms with Crippen molar-refractivity contribution in [1.29, 1.82) is 0 Å². The van der Waals surface area contributed by atoms with E-state index in [1.807, 2.05) is 73.6 Å². The van der Waals surface area contributed by atoms with Crippen LogP contribution in [0.1, 0.15) is 22.3 Å². The highest BCUT2D eigenvalue weighted by Gasteiger charge is 2.07. The van der Waals surface area contributed by atoms with E-state index in [1.165, 1.54) is 0 Å². The molecule has 0 aromatic heterocycles. The van der Waals surface area contributed by atoms with Crippen molar-refractivity contribution in [2.24, 2.45) is 0 Å². The van der Waals surface area contributed by atoms with Crippen LogP contribution in [0.4, 0.5) is 0 Å². The summed E-state index contributed by atoms with van der Waals surface area (Å²) in [7, 11) is 3.93. The van der Waals surface area contributed by atoms with E-state index in [9.17, 15) is 4.79 Å². The van der Waals surface area contributed by atoms with Gasteiger partial charge in [0, 0.05) is 18.5 Å². The minimum atomic E-state index is 0. The van der Waals surface area contributed by atoms with Gasteiger partial charge in [-0.05, 0) is 31.8 Å². The van der Waals surface area contributed by atoms with E-state index >= 15 is 0 Å². The third-order valence-electron chi connectivity index (χ3n) is 3.19. The van der Waals surface area contributed by atoms with Crippen molar-refractivity contribution >= 4 is 18.2 Å². The van der Waals surface area contributed by atoms with Gasteiger partial charge in [-0.1, -0.05) is 42.5 Å². The van der Waals surface area contributed by atoms with Crippen molar-refractivity contribution in [3.8, 4) is 5.75 Å². The van der Waals surface area contributed by atoms with E-state index < -0.39 is 0 Å². The molecule has 0 aliphatic rings. The lowest BCUT2D eigenvalue weighted by Gasteiger charge is -2.10. The van der Waals surface area contributed by atoms with E-state index in [-0.39, 0.29) is 18.2 Å². The number of hydrogen-bond acceptors (Lipinski definition) is 3. The molecule has 0 atom stereocenters. The molecule has 0 heterocycles. The van der Waals surface area contributed by atoms with Gasteiger partial charge >= 0.3 is 0 Å². The van der Waals surface area contributed by atoms with Gasteiger partial charge in [-0.25, -0.2) is 0 Å². The van der Waals surface area contributed by atoms with Crippen molar-refractivity contribution in [2.45, 2.75) is 13.0 Å². The second-order valence-corrected chi connectivity index (χ2v) is 5.28. The predicted molar refractivity (Wildman–Crippen MR) is 92.0 cm³/mol. The van der Waals surface area contributed by atoms with Crippen LogP contribution in [0.3, 0.4) is 0 Å².